The smallest absolute Gasteiger partial charge is 0.348 e. The Balaban J connectivity index is 2.19. The number of hydrogen-bond donors (Lipinski definition) is 0. The van der Waals surface area contributed by atoms with Gasteiger partial charge in [-0.25, -0.2) is 22.4 Å². The van der Waals surface area contributed by atoms with E-state index in [9.17, 15) is 37.2 Å². The molecule has 0 bridgehead atoms. The lowest BCUT2D eigenvalue weighted by atomic mass is 10.1. The minimum Gasteiger partial charge on any atom is -0.460 e. The third kappa shape index (κ3) is 4.82. The molecule has 1 saturated carbocycles. The zero-order valence-corrected chi connectivity index (χ0v) is 17.8. The minimum absolute atomic E-state index is 0.0926. The summed E-state index contributed by atoms with van der Waals surface area (Å²) in [4.78, 5) is 34.9. The second-order valence-corrected chi connectivity index (χ2v) is 8.16. The highest BCUT2D eigenvalue weighted by Crippen LogP contribution is 2.60. The van der Waals surface area contributed by atoms with Crippen molar-refractivity contribution in [2.24, 2.45) is 17.3 Å². The molecule has 0 saturated heterocycles. The van der Waals surface area contributed by atoms with E-state index in [2.05, 4.69) is 0 Å². The molecule has 2 rings (SSSR count). The highest BCUT2D eigenvalue weighted by Gasteiger charge is 2.62. The first kappa shape index (κ1) is 25.0. The molecule has 0 spiro atoms. The van der Waals surface area contributed by atoms with Crippen molar-refractivity contribution < 1.29 is 41.4 Å². The minimum atomic E-state index is -1.76. The molecule has 1 aromatic carbocycles. The third-order valence-corrected chi connectivity index (χ3v) is 5.29. The SMILES string of the molecule is CC(C)OC(=O)/C(C#N)=C/C1C(C(=O)OCc2c(F)c(F)c(CC=O)c(F)c2F)C1(C)C. The topological polar surface area (TPSA) is 93.5 Å². The maximum atomic E-state index is 14.1. The molecule has 0 heterocycles. The van der Waals surface area contributed by atoms with Crippen molar-refractivity contribution in [2.75, 3.05) is 0 Å². The Morgan fingerprint density at radius 1 is 1.09 bits per heavy atom. The first-order valence-electron chi connectivity index (χ1n) is 9.65. The number of allylic oxidation sites excluding steroid dienone is 1. The molecular weight excluding hydrogens is 434 g/mol. The van der Waals surface area contributed by atoms with Crippen LogP contribution >= 0.6 is 0 Å². The largest absolute Gasteiger partial charge is 0.460 e. The van der Waals surface area contributed by atoms with Crippen molar-refractivity contribution >= 4 is 18.2 Å². The van der Waals surface area contributed by atoms with Gasteiger partial charge in [-0.15, -0.1) is 0 Å². The van der Waals surface area contributed by atoms with Gasteiger partial charge in [0.25, 0.3) is 0 Å². The highest BCUT2D eigenvalue weighted by atomic mass is 19.2. The van der Waals surface area contributed by atoms with E-state index in [1.165, 1.54) is 6.08 Å². The van der Waals surface area contributed by atoms with Gasteiger partial charge in [0.15, 0.2) is 23.3 Å². The van der Waals surface area contributed by atoms with Gasteiger partial charge in [-0.3, -0.25) is 4.79 Å². The number of aldehydes is 1. The Kier molecular flexibility index (Phi) is 7.44. The summed E-state index contributed by atoms with van der Waals surface area (Å²) in [5.41, 5.74) is -3.25. The predicted octanol–water partition coefficient (Wildman–Crippen LogP) is 3.70. The second-order valence-electron chi connectivity index (χ2n) is 8.16. The molecule has 0 N–H and O–H groups in total. The lowest BCUT2D eigenvalue weighted by Crippen LogP contribution is -2.15. The zero-order chi connectivity index (χ0) is 24.4. The van der Waals surface area contributed by atoms with Crippen LogP contribution in [-0.4, -0.2) is 24.3 Å². The van der Waals surface area contributed by atoms with E-state index in [0.717, 1.165) is 0 Å². The Morgan fingerprint density at radius 3 is 2.09 bits per heavy atom. The van der Waals surface area contributed by atoms with E-state index in [4.69, 9.17) is 9.47 Å². The Bertz CT molecular complexity index is 997. The molecule has 172 valence electrons. The van der Waals surface area contributed by atoms with Crippen LogP contribution in [0.2, 0.25) is 0 Å². The Labute approximate surface area is 181 Å². The fourth-order valence-electron chi connectivity index (χ4n) is 3.39. The summed E-state index contributed by atoms with van der Waals surface area (Å²) in [5.74, 6) is -10.3. The summed E-state index contributed by atoms with van der Waals surface area (Å²) in [6.07, 6.45) is 0.0348. The van der Waals surface area contributed by atoms with Gasteiger partial charge in [0.05, 0.1) is 17.6 Å². The number of nitrogens with zero attached hydrogens (tertiary/aromatic N) is 1. The molecule has 1 aliphatic rings. The molecule has 0 aliphatic heterocycles. The van der Waals surface area contributed by atoms with E-state index in [0.29, 0.717) is 0 Å². The predicted molar refractivity (Wildman–Crippen MR) is 102 cm³/mol. The van der Waals surface area contributed by atoms with Crippen LogP contribution in [0.15, 0.2) is 11.6 Å². The van der Waals surface area contributed by atoms with Crippen LogP contribution < -0.4 is 0 Å². The number of rotatable bonds is 8. The molecular formula is C22H21F4NO5. The summed E-state index contributed by atoms with van der Waals surface area (Å²) < 4.78 is 66.0. The zero-order valence-electron chi connectivity index (χ0n) is 17.8. The Hall–Kier alpha value is -3.22. The molecule has 2 unspecified atom stereocenters. The molecule has 10 heteroatoms. The number of nitriles is 1. The standard InChI is InChI=1S/C22H21F4NO5/c1-10(2)32-20(29)11(8-27)7-14-15(22(14,3)4)21(30)31-9-13-18(25)16(23)12(5-6-28)17(24)19(13)26/h6-7,10,14-15H,5,9H2,1-4H3/b11-7+. The summed E-state index contributed by atoms with van der Waals surface area (Å²) in [7, 11) is 0. The maximum Gasteiger partial charge on any atom is 0.348 e. The van der Waals surface area contributed by atoms with Gasteiger partial charge in [0.1, 0.15) is 24.5 Å². The van der Waals surface area contributed by atoms with Crippen molar-refractivity contribution in [3.05, 3.63) is 46.0 Å². The van der Waals surface area contributed by atoms with Gasteiger partial charge in [-0.2, -0.15) is 5.26 Å². The maximum absolute atomic E-state index is 14.1. The molecule has 2 atom stereocenters. The van der Waals surface area contributed by atoms with Crippen molar-refractivity contribution in [1.29, 1.82) is 5.26 Å². The van der Waals surface area contributed by atoms with E-state index < -0.39 is 82.7 Å². The summed E-state index contributed by atoms with van der Waals surface area (Å²) in [6, 6.07) is 1.70. The molecule has 6 nitrogen and oxygen atoms in total. The van der Waals surface area contributed by atoms with E-state index in [1.54, 1.807) is 33.8 Å². The monoisotopic (exact) mass is 455 g/mol. The molecule has 1 fully saturated rings. The van der Waals surface area contributed by atoms with Crippen LogP contribution in [-0.2, 0) is 36.9 Å². The molecule has 0 radical (unpaired) electrons. The van der Waals surface area contributed by atoms with Crippen LogP contribution in [0.25, 0.3) is 0 Å². The van der Waals surface area contributed by atoms with Crippen LogP contribution in [0.1, 0.15) is 38.8 Å². The number of carbonyl (C=O) groups is 3. The van der Waals surface area contributed by atoms with Gasteiger partial charge in [0.2, 0.25) is 0 Å². The van der Waals surface area contributed by atoms with Crippen LogP contribution in [0.4, 0.5) is 17.6 Å². The number of ether oxygens (including phenoxy) is 2. The van der Waals surface area contributed by atoms with E-state index >= 15 is 0 Å². The Morgan fingerprint density at radius 2 is 1.62 bits per heavy atom. The normalized spacial score (nSPS) is 19.3. The molecule has 32 heavy (non-hydrogen) atoms. The van der Waals surface area contributed by atoms with Gasteiger partial charge < -0.3 is 14.3 Å². The number of hydrogen-bond acceptors (Lipinski definition) is 6. The van der Waals surface area contributed by atoms with Crippen LogP contribution in [0, 0.1) is 51.9 Å². The number of carbonyl (C=O) groups excluding carboxylic acids is 3. The first-order chi connectivity index (χ1) is 14.9. The van der Waals surface area contributed by atoms with Gasteiger partial charge in [-0.1, -0.05) is 19.9 Å². The van der Waals surface area contributed by atoms with Gasteiger partial charge in [-0.05, 0) is 25.2 Å². The molecule has 1 aromatic rings. The molecule has 0 aromatic heterocycles. The van der Waals surface area contributed by atoms with Crippen LogP contribution in [0.5, 0.6) is 0 Å². The highest BCUT2D eigenvalue weighted by molar-refractivity contribution is 5.93. The summed E-state index contributed by atoms with van der Waals surface area (Å²) in [5, 5.41) is 9.20. The average molecular weight is 455 g/mol. The van der Waals surface area contributed by atoms with Gasteiger partial charge in [0, 0.05) is 12.0 Å². The van der Waals surface area contributed by atoms with E-state index in [-0.39, 0.29) is 11.9 Å². The number of halogens is 4. The first-order valence-corrected chi connectivity index (χ1v) is 9.65. The average Bonchev–Trinajstić information content (AvgIpc) is 3.26. The lowest BCUT2D eigenvalue weighted by Gasteiger charge is -2.11. The van der Waals surface area contributed by atoms with Crippen molar-refractivity contribution in [2.45, 2.75) is 46.8 Å². The number of benzene rings is 1. The number of esters is 2. The van der Waals surface area contributed by atoms with E-state index in [1.807, 2.05) is 0 Å². The quantitative estimate of drug-likeness (QED) is 0.148. The lowest BCUT2D eigenvalue weighted by molar-refractivity contribution is -0.148. The van der Waals surface area contributed by atoms with Crippen molar-refractivity contribution in [3.63, 3.8) is 0 Å². The van der Waals surface area contributed by atoms with Crippen molar-refractivity contribution in [1.82, 2.24) is 0 Å². The molecule has 1 aliphatic carbocycles. The van der Waals surface area contributed by atoms with Crippen LogP contribution in [0.3, 0.4) is 0 Å². The summed E-state index contributed by atoms with van der Waals surface area (Å²) >= 11 is 0. The fraction of sp³-hybridized carbons (Fsp3) is 0.455. The van der Waals surface area contributed by atoms with Crippen molar-refractivity contribution in [3.8, 4) is 6.07 Å². The fourth-order valence-corrected chi connectivity index (χ4v) is 3.39. The van der Waals surface area contributed by atoms with Gasteiger partial charge >= 0.3 is 11.9 Å². The molecule has 0 amide bonds. The summed E-state index contributed by atoms with van der Waals surface area (Å²) in [6.45, 7) is 5.41. The third-order valence-electron chi connectivity index (χ3n) is 5.29. The second kappa shape index (κ2) is 9.51.